The van der Waals surface area contributed by atoms with Crippen molar-refractivity contribution in [3.63, 3.8) is 0 Å². The Hall–Kier alpha value is -0.727. The molecule has 0 aliphatic heterocycles. The summed E-state index contributed by atoms with van der Waals surface area (Å²) in [5.74, 6) is -3.72. The maximum absolute atomic E-state index is 10.8. The summed E-state index contributed by atoms with van der Waals surface area (Å²) in [5, 5.41) is 41.6. The molecule has 0 atom stereocenters. The van der Waals surface area contributed by atoms with Crippen LogP contribution >= 0.6 is 0 Å². The van der Waals surface area contributed by atoms with E-state index in [0.717, 1.165) is 12.1 Å². The summed E-state index contributed by atoms with van der Waals surface area (Å²) >= 11 is 0. The minimum atomic E-state index is -4.86. The van der Waals surface area contributed by atoms with E-state index in [0.29, 0.717) is 24.3 Å². The molecular weight excluding hydrogens is 562 g/mol. The second-order valence-electron chi connectivity index (χ2n) is 5.40. The number of nitro benzene ring substituents is 2. The van der Waals surface area contributed by atoms with Gasteiger partial charge in [0.15, 0.2) is 0 Å². The minimum Gasteiger partial charge on any atom is -0.545 e. The fourth-order valence-corrected chi connectivity index (χ4v) is 3.41. The number of nitrogens with zero attached hydrogens (tertiary/aromatic N) is 2. The van der Waals surface area contributed by atoms with Gasteiger partial charge >= 0.3 is 103 Å². The van der Waals surface area contributed by atoms with Crippen molar-refractivity contribution in [1.29, 1.82) is 0 Å². The van der Waals surface area contributed by atoms with E-state index in [4.69, 9.17) is 9.11 Å². The molecule has 2 aromatic rings. The molecule has 2 rings (SSSR count). The van der Waals surface area contributed by atoms with Crippen molar-refractivity contribution in [3.8, 4) is 0 Å². The first-order valence-electron chi connectivity index (χ1n) is 7.41. The van der Waals surface area contributed by atoms with E-state index in [1.54, 1.807) is 0 Å². The molecule has 0 saturated heterocycles. The van der Waals surface area contributed by atoms with E-state index in [-0.39, 0.29) is 103 Å². The van der Waals surface area contributed by atoms with Crippen LogP contribution in [0.15, 0.2) is 46.2 Å². The molecule has 0 aromatic heterocycles. The van der Waals surface area contributed by atoms with E-state index in [9.17, 15) is 56.9 Å². The molecule has 0 spiro atoms. The zero-order valence-corrected chi connectivity index (χ0v) is 24.8. The SMILES string of the molecule is O=C([O-])c1ccc([N+](=O)[O-])cc1S(=O)(=O)O.O=C([O-])c1ccc([N+](=O)[O-])cc1S(=O)(=O)O.[K+].[K+]. The Morgan fingerprint density at radius 1 is 0.676 bits per heavy atom. The van der Waals surface area contributed by atoms with Crippen LogP contribution in [-0.4, -0.2) is 47.7 Å². The molecular formula is C14H8K2N2O14S2. The number of nitro groups is 2. The van der Waals surface area contributed by atoms with Crippen LogP contribution in [0.5, 0.6) is 0 Å². The molecule has 2 N–H and O–H groups in total. The molecule has 172 valence electrons. The molecule has 0 amide bonds. The molecule has 0 aliphatic carbocycles. The number of carboxylic acids is 2. The van der Waals surface area contributed by atoms with Gasteiger partial charge in [0.05, 0.1) is 21.8 Å². The van der Waals surface area contributed by atoms with Crippen molar-refractivity contribution in [2.75, 3.05) is 0 Å². The van der Waals surface area contributed by atoms with E-state index >= 15 is 0 Å². The van der Waals surface area contributed by atoms with Gasteiger partial charge in [-0.1, -0.05) is 0 Å². The number of aromatic carboxylic acids is 2. The molecule has 0 unspecified atom stereocenters. The van der Waals surface area contributed by atoms with Gasteiger partial charge in [-0.15, -0.1) is 0 Å². The van der Waals surface area contributed by atoms with Crippen LogP contribution in [0.1, 0.15) is 20.7 Å². The Kier molecular flexibility index (Phi) is 14.7. The van der Waals surface area contributed by atoms with E-state index in [2.05, 4.69) is 0 Å². The van der Waals surface area contributed by atoms with Crippen molar-refractivity contribution >= 4 is 43.5 Å². The van der Waals surface area contributed by atoms with Crippen LogP contribution in [-0.2, 0) is 20.2 Å². The largest absolute Gasteiger partial charge is 1.00 e. The Morgan fingerprint density at radius 3 is 1.12 bits per heavy atom. The van der Waals surface area contributed by atoms with Gasteiger partial charge in [-0.05, 0) is 12.1 Å². The zero-order valence-electron chi connectivity index (χ0n) is 17.0. The summed E-state index contributed by atoms with van der Waals surface area (Å²) in [7, 11) is -9.72. The second kappa shape index (κ2) is 14.1. The Balaban J connectivity index is 0. The maximum Gasteiger partial charge on any atom is 1.00 e. The average molecular weight is 571 g/mol. The van der Waals surface area contributed by atoms with E-state index in [1.807, 2.05) is 0 Å². The van der Waals surface area contributed by atoms with Gasteiger partial charge in [0.25, 0.3) is 31.6 Å². The van der Waals surface area contributed by atoms with Crippen LogP contribution in [0.4, 0.5) is 11.4 Å². The summed E-state index contributed by atoms with van der Waals surface area (Å²) < 4.78 is 60.5. The van der Waals surface area contributed by atoms with Crippen LogP contribution in [0.3, 0.4) is 0 Å². The summed E-state index contributed by atoms with van der Waals surface area (Å²) in [4.78, 5) is 37.7. The van der Waals surface area contributed by atoms with Crippen LogP contribution in [0, 0.1) is 20.2 Å². The topological polar surface area (TPSA) is 275 Å². The van der Waals surface area contributed by atoms with E-state index in [1.165, 1.54) is 0 Å². The number of carboxylic acid groups (broad SMARTS) is 2. The minimum absolute atomic E-state index is 0. The normalized spacial score (nSPS) is 10.4. The molecule has 0 aliphatic rings. The number of carbonyl (C=O) groups is 2. The van der Waals surface area contributed by atoms with E-state index < -0.39 is 74.3 Å². The first-order valence-corrected chi connectivity index (χ1v) is 10.3. The Morgan fingerprint density at radius 2 is 0.941 bits per heavy atom. The summed E-state index contributed by atoms with van der Waals surface area (Å²) in [5.41, 5.74) is -2.99. The number of carbonyl (C=O) groups excluding carboxylic acids is 2. The molecule has 0 saturated carbocycles. The van der Waals surface area contributed by atoms with Gasteiger partial charge in [-0.25, -0.2) is 0 Å². The summed E-state index contributed by atoms with van der Waals surface area (Å²) in [6.07, 6.45) is 0. The quantitative estimate of drug-likeness (QED) is 0.141. The molecule has 0 fully saturated rings. The average Bonchev–Trinajstić information content (AvgIpc) is 2.65. The molecule has 0 heterocycles. The van der Waals surface area contributed by atoms with Gasteiger partial charge in [-0.2, -0.15) is 16.8 Å². The smallest absolute Gasteiger partial charge is 0.545 e. The van der Waals surface area contributed by atoms with Crippen molar-refractivity contribution in [2.24, 2.45) is 0 Å². The van der Waals surface area contributed by atoms with Gasteiger partial charge in [0.2, 0.25) is 0 Å². The Bertz CT molecular complexity index is 1240. The number of benzene rings is 2. The van der Waals surface area contributed by atoms with Gasteiger partial charge in [0, 0.05) is 35.4 Å². The molecule has 34 heavy (non-hydrogen) atoms. The van der Waals surface area contributed by atoms with Gasteiger partial charge in [0.1, 0.15) is 9.79 Å². The van der Waals surface area contributed by atoms with Gasteiger partial charge in [-0.3, -0.25) is 29.3 Å². The molecule has 16 nitrogen and oxygen atoms in total. The zero-order chi connectivity index (χ0) is 25.0. The first kappa shape index (κ1) is 35.4. The number of hydrogen-bond donors (Lipinski definition) is 2. The van der Waals surface area contributed by atoms with Crippen molar-refractivity contribution < 1.29 is 158 Å². The fourth-order valence-electron chi connectivity index (χ4n) is 2.01. The first-order chi connectivity index (χ1) is 14.5. The third-order valence-electron chi connectivity index (χ3n) is 3.35. The van der Waals surface area contributed by atoms with Crippen LogP contribution in [0.25, 0.3) is 0 Å². The molecule has 20 heteroatoms. The number of hydrogen-bond acceptors (Lipinski definition) is 12. The predicted molar refractivity (Wildman–Crippen MR) is 94.5 cm³/mol. The van der Waals surface area contributed by atoms with Gasteiger partial charge < -0.3 is 19.8 Å². The standard InChI is InChI=1S/2C7H5NO7S.2K/c2*9-7(10)5-2-1-4(8(11)12)3-6(5)16(13,14)15;;/h2*1-3H,(H,9,10)(H,13,14,15);;/q;;2*+1/p-2. The Labute approximate surface area is 275 Å². The molecule has 2 aromatic carbocycles. The summed E-state index contributed by atoms with van der Waals surface area (Å²) in [6.45, 7) is 0. The third kappa shape index (κ3) is 10.1. The van der Waals surface area contributed by atoms with Crippen LogP contribution < -0.4 is 113 Å². The second-order valence-corrected chi connectivity index (χ2v) is 8.18. The van der Waals surface area contributed by atoms with Crippen molar-refractivity contribution in [1.82, 2.24) is 0 Å². The fraction of sp³-hybridized carbons (Fsp3) is 0. The molecule has 0 radical (unpaired) electrons. The van der Waals surface area contributed by atoms with Crippen molar-refractivity contribution in [3.05, 3.63) is 67.8 Å². The van der Waals surface area contributed by atoms with Crippen molar-refractivity contribution in [2.45, 2.75) is 9.79 Å². The number of non-ortho nitro benzene ring substituents is 2. The number of rotatable bonds is 6. The molecule has 0 bridgehead atoms. The predicted octanol–water partition coefficient (Wildman–Crippen LogP) is -7.58. The monoisotopic (exact) mass is 570 g/mol. The third-order valence-corrected chi connectivity index (χ3v) is 5.13. The summed E-state index contributed by atoms with van der Waals surface area (Å²) in [6, 6.07) is 3.83. The maximum atomic E-state index is 10.8. The van der Waals surface area contributed by atoms with Crippen LogP contribution in [0.2, 0.25) is 0 Å².